The van der Waals surface area contributed by atoms with Crippen LogP contribution in [0.5, 0.6) is 0 Å². The molecule has 3 aromatic carbocycles. The highest BCUT2D eigenvalue weighted by molar-refractivity contribution is 9.10. The fourth-order valence-corrected chi connectivity index (χ4v) is 6.05. The SMILES string of the molecule is Cc1ccc(C2C3=C(N=c4sc(=Cc5ccc(Br)cc5)c(=O)n42)c2ccccc2CC3)cc1. The van der Waals surface area contributed by atoms with Crippen molar-refractivity contribution in [3.05, 3.63) is 130 Å². The fraction of sp³-hybridized carbons (Fsp3) is 0.143. The molecule has 0 N–H and O–H groups in total. The molecule has 0 amide bonds. The van der Waals surface area contributed by atoms with E-state index in [1.807, 2.05) is 34.9 Å². The molecule has 1 aromatic heterocycles. The molecule has 0 radical (unpaired) electrons. The summed E-state index contributed by atoms with van der Waals surface area (Å²) in [5, 5.41) is 0. The molecule has 1 aliphatic heterocycles. The summed E-state index contributed by atoms with van der Waals surface area (Å²) in [4.78, 5) is 19.5. The Kier molecular flexibility index (Phi) is 5.04. The summed E-state index contributed by atoms with van der Waals surface area (Å²) in [5.41, 5.74) is 8.18. The summed E-state index contributed by atoms with van der Waals surface area (Å²) in [6.45, 7) is 2.09. The van der Waals surface area contributed by atoms with Gasteiger partial charge in [-0.3, -0.25) is 9.36 Å². The van der Waals surface area contributed by atoms with Gasteiger partial charge in [0.05, 0.1) is 16.3 Å². The smallest absolute Gasteiger partial charge is 0.271 e. The normalized spacial score (nSPS) is 17.3. The van der Waals surface area contributed by atoms with E-state index >= 15 is 0 Å². The number of nitrogens with zero attached hydrogens (tertiary/aromatic N) is 2. The Hall–Kier alpha value is -3.02. The van der Waals surface area contributed by atoms with Crippen molar-refractivity contribution in [2.75, 3.05) is 0 Å². The van der Waals surface area contributed by atoms with Gasteiger partial charge in [-0.2, -0.15) is 0 Å². The molecule has 4 aromatic rings. The second kappa shape index (κ2) is 8.08. The zero-order valence-corrected chi connectivity index (χ0v) is 20.5. The van der Waals surface area contributed by atoms with E-state index in [9.17, 15) is 4.79 Å². The Morgan fingerprint density at radius 2 is 1.76 bits per heavy atom. The maximum atomic E-state index is 13.7. The lowest BCUT2D eigenvalue weighted by Crippen LogP contribution is -2.38. The molecule has 6 rings (SSSR count). The first-order valence-corrected chi connectivity index (χ1v) is 12.6. The maximum absolute atomic E-state index is 13.7. The van der Waals surface area contributed by atoms with Gasteiger partial charge in [0.15, 0.2) is 4.80 Å². The topological polar surface area (TPSA) is 34.4 Å². The molecule has 162 valence electrons. The van der Waals surface area contributed by atoms with Crippen LogP contribution in [0.1, 0.15) is 40.3 Å². The van der Waals surface area contributed by atoms with Gasteiger partial charge in [-0.25, -0.2) is 4.99 Å². The van der Waals surface area contributed by atoms with Gasteiger partial charge in [0.25, 0.3) is 5.56 Å². The van der Waals surface area contributed by atoms with Crippen LogP contribution in [0.25, 0.3) is 11.8 Å². The molecule has 1 unspecified atom stereocenters. The van der Waals surface area contributed by atoms with Crippen molar-refractivity contribution >= 4 is 39.0 Å². The quantitative estimate of drug-likeness (QED) is 0.354. The lowest BCUT2D eigenvalue weighted by Gasteiger charge is -2.30. The van der Waals surface area contributed by atoms with E-state index < -0.39 is 0 Å². The van der Waals surface area contributed by atoms with E-state index in [2.05, 4.69) is 71.4 Å². The summed E-state index contributed by atoms with van der Waals surface area (Å²) >= 11 is 4.96. The van der Waals surface area contributed by atoms with E-state index in [0.717, 1.165) is 38.9 Å². The van der Waals surface area contributed by atoms with Gasteiger partial charge in [-0.05, 0) is 60.2 Å². The number of allylic oxidation sites excluding steroid dienone is 1. The first kappa shape index (κ1) is 20.6. The molecular weight excluding hydrogens is 492 g/mol. The lowest BCUT2D eigenvalue weighted by atomic mass is 9.83. The van der Waals surface area contributed by atoms with Crippen LogP contribution in [0.4, 0.5) is 0 Å². The van der Waals surface area contributed by atoms with Gasteiger partial charge in [-0.15, -0.1) is 0 Å². The number of hydrogen-bond donors (Lipinski definition) is 0. The third-order valence-corrected chi connectivity index (χ3v) is 7.95. The molecule has 0 saturated heterocycles. The van der Waals surface area contributed by atoms with Crippen LogP contribution < -0.4 is 14.9 Å². The van der Waals surface area contributed by atoms with Crippen molar-refractivity contribution in [1.29, 1.82) is 0 Å². The third kappa shape index (κ3) is 3.56. The minimum atomic E-state index is -0.128. The molecule has 1 aliphatic carbocycles. The number of halogens is 1. The van der Waals surface area contributed by atoms with Crippen molar-refractivity contribution < 1.29 is 0 Å². The monoisotopic (exact) mass is 512 g/mol. The van der Waals surface area contributed by atoms with Crippen LogP contribution in [-0.4, -0.2) is 4.57 Å². The van der Waals surface area contributed by atoms with Gasteiger partial charge in [0.2, 0.25) is 0 Å². The van der Waals surface area contributed by atoms with Crippen LogP contribution >= 0.6 is 27.3 Å². The average Bonchev–Trinajstić information content (AvgIpc) is 3.14. The number of fused-ring (bicyclic) bond motifs is 3. The van der Waals surface area contributed by atoms with Crippen molar-refractivity contribution in [2.24, 2.45) is 4.99 Å². The van der Waals surface area contributed by atoms with Crippen LogP contribution in [0, 0.1) is 6.92 Å². The molecule has 33 heavy (non-hydrogen) atoms. The summed E-state index contributed by atoms with van der Waals surface area (Å²) in [5.74, 6) is 0. The van der Waals surface area contributed by atoms with Crippen LogP contribution in [0.3, 0.4) is 0 Å². The van der Waals surface area contributed by atoms with E-state index in [4.69, 9.17) is 4.99 Å². The molecule has 0 spiro atoms. The second-order valence-electron chi connectivity index (χ2n) is 8.58. The standard InChI is InChI=1S/C28H21BrN2OS/c1-17-6-10-20(11-7-17)26-23-15-12-19-4-2-3-5-22(19)25(23)30-28-31(26)27(32)24(33-28)16-18-8-13-21(29)14-9-18/h2-11,13-14,16,26H,12,15H2,1H3. The largest absolute Gasteiger partial charge is 0.272 e. The molecular formula is C28H21BrN2OS. The number of benzene rings is 3. The summed E-state index contributed by atoms with van der Waals surface area (Å²) in [7, 11) is 0. The van der Waals surface area contributed by atoms with Gasteiger partial charge >= 0.3 is 0 Å². The highest BCUT2D eigenvalue weighted by Gasteiger charge is 2.32. The molecule has 1 atom stereocenters. The Morgan fingerprint density at radius 1 is 1.00 bits per heavy atom. The number of rotatable bonds is 2. The molecule has 5 heteroatoms. The maximum Gasteiger partial charge on any atom is 0.271 e. The minimum Gasteiger partial charge on any atom is -0.272 e. The molecule has 3 nitrogen and oxygen atoms in total. The molecule has 2 aliphatic rings. The van der Waals surface area contributed by atoms with Gasteiger partial charge < -0.3 is 0 Å². The van der Waals surface area contributed by atoms with Crippen molar-refractivity contribution in [3.63, 3.8) is 0 Å². The predicted molar refractivity (Wildman–Crippen MR) is 138 cm³/mol. The van der Waals surface area contributed by atoms with E-state index in [1.54, 1.807) is 0 Å². The third-order valence-electron chi connectivity index (χ3n) is 6.43. The molecule has 0 bridgehead atoms. The van der Waals surface area contributed by atoms with Crippen LogP contribution in [0.15, 0.2) is 92.6 Å². The lowest BCUT2D eigenvalue weighted by molar-refractivity contribution is 0.585. The molecule has 0 fully saturated rings. The zero-order valence-electron chi connectivity index (χ0n) is 18.1. The van der Waals surface area contributed by atoms with Crippen LogP contribution in [0.2, 0.25) is 0 Å². The second-order valence-corrected chi connectivity index (χ2v) is 10.5. The summed E-state index contributed by atoms with van der Waals surface area (Å²) in [6.07, 6.45) is 3.85. The van der Waals surface area contributed by atoms with Crippen molar-refractivity contribution in [3.8, 4) is 0 Å². The Balaban J connectivity index is 1.62. The van der Waals surface area contributed by atoms with E-state index in [1.165, 1.54) is 33.6 Å². The summed E-state index contributed by atoms with van der Waals surface area (Å²) < 4.78 is 3.64. The van der Waals surface area contributed by atoms with E-state index in [0.29, 0.717) is 4.53 Å². The number of aryl methyl sites for hydroxylation is 2. The van der Waals surface area contributed by atoms with Crippen molar-refractivity contribution in [2.45, 2.75) is 25.8 Å². The van der Waals surface area contributed by atoms with E-state index in [-0.39, 0.29) is 11.6 Å². The highest BCUT2D eigenvalue weighted by Crippen LogP contribution is 2.41. The minimum absolute atomic E-state index is 0.0256. The first-order chi connectivity index (χ1) is 16.1. The number of aromatic nitrogens is 1. The average molecular weight is 513 g/mol. The predicted octanol–water partition coefficient (Wildman–Crippen LogP) is 5.39. The van der Waals surface area contributed by atoms with Gasteiger partial charge in [-0.1, -0.05) is 93.5 Å². The fourth-order valence-electron chi connectivity index (χ4n) is 4.78. The Morgan fingerprint density at radius 3 is 2.55 bits per heavy atom. The number of hydrogen-bond acceptors (Lipinski definition) is 3. The van der Waals surface area contributed by atoms with Crippen LogP contribution in [-0.2, 0) is 6.42 Å². The first-order valence-electron chi connectivity index (χ1n) is 11.0. The zero-order chi connectivity index (χ0) is 22.5. The Labute approximate surface area is 204 Å². The Bertz CT molecular complexity index is 1590. The molecule has 2 heterocycles. The summed E-state index contributed by atoms with van der Waals surface area (Å²) in [6, 6.07) is 25.0. The highest BCUT2D eigenvalue weighted by atomic mass is 79.9. The van der Waals surface area contributed by atoms with Gasteiger partial charge in [0.1, 0.15) is 0 Å². The van der Waals surface area contributed by atoms with Gasteiger partial charge in [0, 0.05) is 10.0 Å². The number of thiazole rings is 1. The molecule has 0 saturated carbocycles. The van der Waals surface area contributed by atoms with Crippen molar-refractivity contribution in [1.82, 2.24) is 4.57 Å².